The van der Waals surface area contributed by atoms with Gasteiger partial charge < -0.3 is 15.0 Å². The third-order valence-corrected chi connectivity index (χ3v) is 6.93. The number of nitrogens with two attached hydrogens (primary N) is 1. The van der Waals surface area contributed by atoms with Crippen molar-refractivity contribution in [3.8, 4) is 0 Å². The molecule has 2 N–H and O–H groups in total. The normalized spacial score (nSPS) is 38.8. The lowest BCUT2D eigenvalue weighted by Gasteiger charge is -2.64. The third-order valence-electron chi connectivity index (χ3n) is 6.93. The molecule has 1 aromatic rings. The summed E-state index contributed by atoms with van der Waals surface area (Å²) in [7, 11) is -0.246. The fourth-order valence-corrected chi connectivity index (χ4v) is 5.20. The van der Waals surface area contributed by atoms with E-state index in [0.717, 1.165) is 25.2 Å². The van der Waals surface area contributed by atoms with Gasteiger partial charge in [0.1, 0.15) is 0 Å². The van der Waals surface area contributed by atoms with Gasteiger partial charge in [-0.05, 0) is 55.4 Å². The van der Waals surface area contributed by atoms with E-state index in [1.54, 1.807) is 0 Å². The average molecular weight is 313 g/mol. The highest BCUT2D eigenvalue weighted by Gasteiger charge is 2.68. The number of rotatable bonds is 4. The Hall–Kier alpha value is -0.835. The zero-order valence-electron chi connectivity index (χ0n) is 14.5. The van der Waals surface area contributed by atoms with E-state index >= 15 is 0 Å². The maximum absolute atomic E-state index is 6.44. The van der Waals surface area contributed by atoms with E-state index in [9.17, 15) is 0 Å². The van der Waals surface area contributed by atoms with Crippen molar-refractivity contribution in [2.24, 2.45) is 23.0 Å². The van der Waals surface area contributed by atoms with Crippen LogP contribution in [-0.2, 0) is 15.7 Å². The molecule has 0 aromatic heterocycles. The summed E-state index contributed by atoms with van der Waals surface area (Å²) in [5.74, 6) is 1.33. The number of hydrogen-bond acceptors (Lipinski definition) is 3. The van der Waals surface area contributed by atoms with Gasteiger partial charge in [0.25, 0.3) is 0 Å². The van der Waals surface area contributed by atoms with Crippen molar-refractivity contribution in [2.75, 3.05) is 0 Å². The molecule has 4 aliphatic rings. The summed E-state index contributed by atoms with van der Waals surface area (Å²) in [5.41, 5.74) is 7.98. The highest BCUT2D eigenvalue weighted by Crippen LogP contribution is 2.65. The lowest BCUT2D eigenvalue weighted by atomic mass is 9.43. The fraction of sp³-hybridized carbons (Fsp3) is 0.684. The van der Waals surface area contributed by atoms with Crippen LogP contribution in [0.2, 0.25) is 0 Å². The summed E-state index contributed by atoms with van der Waals surface area (Å²) in [6.07, 6.45) is 4.52. The molecule has 1 heterocycles. The second kappa shape index (κ2) is 5.33. The van der Waals surface area contributed by atoms with Gasteiger partial charge in [-0.3, -0.25) is 0 Å². The fourth-order valence-electron chi connectivity index (χ4n) is 5.20. The average Bonchev–Trinajstić information content (AvgIpc) is 2.90. The van der Waals surface area contributed by atoms with Crippen molar-refractivity contribution in [1.82, 2.24) is 0 Å². The Morgan fingerprint density at radius 3 is 2.65 bits per heavy atom. The van der Waals surface area contributed by atoms with E-state index in [2.05, 4.69) is 45.0 Å². The molecule has 0 amide bonds. The van der Waals surface area contributed by atoms with Crippen molar-refractivity contribution in [3.05, 3.63) is 35.9 Å². The minimum atomic E-state index is -0.246. The third kappa shape index (κ3) is 2.38. The van der Waals surface area contributed by atoms with Gasteiger partial charge in [0.05, 0.1) is 11.7 Å². The molecule has 1 aromatic carbocycles. The van der Waals surface area contributed by atoms with Gasteiger partial charge in [0.15, 0.2) is 0 Å². The summed E-state index contributed by atoms with van der Waals surface area (Å²) < 4.78 is 12.7. The number of aryl methyl sites for hydroxylation is 1. The van der Waals surface area contributed by atoms with E-state index in [-0.39, 0.29) is 24.8 Å². The molecule has 1 aliphatic heterocycles. The quantitative estimate of drug-likeness (QED) is 0.868. The Kier molecular flexibility index (Phi) is 3.64. The molecule has 5 atom stereocenters. The smallest absolute Gasteiger partial charge is 0.404 e. The topological polar surface area (TPSA) is 44.5 Å². The zero-order chi connectivity index (χ0) is 16.2. The first-order valence-electron chi connectivity index (χ1n) is 9.04. The monoisotopic (exact) mass is 313 g/mol. The van der Waals surface area contributed by atoms with Crippen LogP contribution in [0.15, 0.2) is 30.3 Å². The van der Waals surface area contributed by atoms with Crippen LogP contribution in [-0.4, -0.2) is 24.8 Å². The van der Waals surface area contributed by atoms with Gasteiger partial charge in [-0.25, -0.2) is 0 Å². The summed E-state index contributed by atoms with van der Waals surface area (Å²) in [6.45, 7) is 7.03. The van der Waals surface area contributed by atoms with Gasteiger partial charge in [0.2, 0.25) is 0 Å². The minimum Gasteiger partial charge on any atom is -0.404 e. The second-order valence-corrected chi connectivity index (χ2v) is 8.53. The molecule has 3 aliphatic carbocycles. The van der Waals surface area contributed by atoms with E-state index in [4.69, 9.17) is 15.0 Å². The van der Waals surface area contributed by atoms with Crippen LogP contribution in [0.1, 0.15) is 45.6 Å². The Morgan fingerprint density at radius 2 is 1.96 bits per heavy atom. The van der Waals surface area contributed by atoms with Crippen molar-refractivity contribution in [3.63, 3.8) is 0 Å². The molecule has 3 nitrogen and oxygen atoms in total. The van der Waals surface area contributed by atoms with Crippen molar-refractivity contribution in [1.29, 1.82) is 0 Å². The molecule has 0 spiro atoms. The van der Waals surface area contributed by atoms with Gasteiger partial charge in [-0.2, -0.15) is 0 Å². The van der Waals surface area contributed by atoms with Crippen molar-refractivity contribution < 1.29 is 9.31 Å². The van der Waals surface area contributed by atoms with Crippen molar-refractivity contribution >= 4 is 7.12 Å². The summed E-state index contributed by atoms with van der Waals surface area (Å²) in [4.78, 5) is 0. The maximum atomic E-state index is 6.44. The number of hydrogen-bond donors (Lipinski definition) is 1. The second-order valence-electron chi connectivity index (χ2n) is 8.53. The van der Waals surface area contributed by atoms with Crippen LogP contribution in [0.4, 0.5) is 0 Å². The first-order chi connectivity index (χ1) is 10.9. The number of benzene rings is 1. The maximum Gasteiger partial charge on any atom is 0.475 e. The summed E-state index contributed by atoms with van der Waals surface area (Å²) >= 11 is 0. The molecular weight excluding hydrogens is 285 g/mol. The van der Waals surface area contributed by atoms with Crippen LogP contribution < -0.4 is 5.73 Å². The standard InChI is InChI=1S/C19H28BNO2/c1-18(2)14-11-15(18)19(3)16(12-14)22-20(23-19)17(21)10-9-13-7-5-4-6-8-13/h4-8,14-17H,9-12,21H2,1-3H3/t14-,15-,16+,17-,19-/m0/s1. The first kappa shape index (κ1) is 15.7. The minimum absolute atomic E-state index is 0.0575. The SMILES string of the molecule is CC1(C)[C@@H]2C[C@H]3OB([C@@H](N)CCc4ccccc4)O[C@@]3(C)[C@H]1C2. The largest absolute Gasteiger partial charge is 0.475 e. The molecule has 4 heteroatoms. The van der Waals surface area contributed by atoms with Gasteiger partial charge in [0, 0.05) is 5.94 Å². The molecule has 23 heavy (non-hydrogen) atoms. The first-order valence-corrected chi connectivity index (χ1v) is 9.04. The Morgan fingerprint density at radius 1 is 1.22 bits per heavy atom. The molecule has 5 rings (SSSR count). The summed E-state index contributed by atoms with van der Waals surface area (Å²) in [5, 5.41) is 0. The highest BCUT2D eigenvalue weighted by molar-refractivity contribution is 6.47. The zero-order valence-corrected chi connectivity index (χ0v) is 14.5. The van der Waals surface area contributed by atoms with Crippen LogP contribution in [0.3, 0.4) is 0 Å². The lowest BCUT2D eigenvalue weighted by molar-refractivity contribution is -0.199. The molecule has 124 valence electrons. The molecule has 0 radical (unpaired) electrons. The van der Waals surface area contributed by atoms with E-state index in [1.165, 1.54) is 12.0 Å². The highest BCUT2D eigenvalue weighted by atomic mass is 16.7. The summed E-state index contributed by atoms with van der Waals surface area (Å²) in [6, 6.07) is 10.5. The molecule has 3 saturated carbocycles. The van der Waals surface area contributed by atoms with E-state index in [0.29, 0.717) is 11.3 Å². The van der Waals surface area contributed by atoms with Gasteiger partial charge >= 0.3 is 7.12 Å². The van der Waals surface area contributed by atoms with Crippen LogP contribution >= 0.6 is 0 Å². The van der Waals surface area contributed by atoms with Crippen LogP contribution in [0.5, 0.6) is 0 Å². The molecule has 2 bridgehead atoms. The van der Waals surface area contributed by atoms with Crippen LogP contribution in [0, 0.1) is 17.3 Å². The molecule has 1 saturated heterocycles. The molecule has 4 fully saturated rings. The van der Waals surface area contributed by atoms with Crippen molar-refractivity contribution in [2.45, 2.75) is 64.1 Å². The Labute approximate surface area is 140 Å². The Bertz CT molecular complexity index is 578. The van der Waals surface area contributed by atoms with Gasteiger partial charge in [-0.15, -0.1) is 0 Å². The Balaban J connectivity index is 1.40. The van der Waals surface area contributed by atoms with Gasteiger partial charge in [-0.1, -0.05) is 44.2 Å². The van der Waals surface area contributed by atoms with E-state index < -0.39 is 0 Å². The van der Waals surface area contributed by atoms with Crippen LogP contribution in [0.25, 0.3) is 0 Å². The molecular formula is C19H28BNO2. The lowest BCUT2D eigenvalue weighted by Crippen LogP contribution is -2.65. The molecule has 0 unspecified atom stereocenters. The van der Waals surface area contributed by atoms with E-state index in [1.807, 2.05) is 6.07 Å². The predicted octanol–water partition coefficient (Wildman–Crippen LogP) is 3.21. The predicted molar refractivity (Wildman–Crippen MR) is 92.9 cm³/mol.